The van der Waals surface area contributed by atoms with Gasteiger partial charge in [-0.05, 0) is 13.3 Å². The van der Waals surface area contributed by atoms with Gasteiger partial charge in [0.25, 0.3) is 5.69 Å². The summed E-state index contributed by atoms with van der Waals surface area (Å²) in [6, 6.07) is 2.18. The highest BCUT2D eigenvalue weighted by Crippen LogP contribution is 2.34. The molecule has 0 saturated heterocycles. The molecule has 0 bridgehead atoms. The Hall–Kier alpha value is -2.18. The number of nitrogens with zero attached hydrogens (tertiary/aromatic N) is 2. The highest BCUT2D eigenvalue weighted by atomic mass is 16.6. The fourth-order valence-electron chi connectivity index (χ4n) is 1.37. The molecular formula is C10H12N2O5. The Morgan fingerprint density at radius 1 is 1.24 bits per heavy atom. The van der Waals surface area contributed by atoms with Crippen molar-refractivity contribution in [3.63, 3.8) is 0 Å². The molecule has 1 aromatic rings. The highest BCUT2D eigenvalue weighted by Gasteiger charge is 2.23. The molecule has 0 aliphatic carbocycles. The van der Waals surface area contributed by atoms with Gasteiger partial charge in [0.15, 0.2) is 0 Å². The normalized spacial score (nSPS) is 10.0. The molecule has 7 heteroatoms. The van der Waals surface area contributed by atoms with E-state index >= 15 is 0 Å². The van der Waals surface area contributed by atoms with Gasteiger partial charge in [-0.3, -0.25) is 20.2 Å². The molecule has 0 radical (unpaired) electrons. The number of hydrogen-bond acceptors (Lipinski definition) is 5. The van der Waals surface area contributed by atoms with Crippen LogP contribution in [-0.2, 0) is 0 Å². The molecule has 0 aliphatic rings. The lowest BCUT2D eigenvalue weighted by molar-refractivity contribution is -0.394. The lowest BCUT2D eigenvalue weighted by atomic mass is 10.1. The Balaban J connectivity index is 3.28. The Morgan fingerprint density at radius 3 is 2.35 bits per heavy atom. The van der Waals surface area contributed by atoms with Crippen LogP contribution in [0, 0.1) is 27.2 Å². The van der Waals surface area contributed by atoms with Crippen molar-refractivity contribution < 1.29 is 14.6 Å². The van der Waals surface area contributed by atoms with E-state index in [1.165, 1.54) is 6.07 Å². The molecule has 0 heterocycles. The van der Waals surface area contributed by atoms with Crippen LogP contribution < -0.4 is 4.74 Å². The van der Waals surface area contributed by atoms with E-state index in [-0.39, 0.29) is 17.1 Å². The van der Waals surface area contributed by atoms with Crippen LogP contribution in [-0.4, -0.2) is 16.5 Å². The van der Waals surface area contributed by atoms with Gasteiger partial charge in [-0.15, -0.1) is 0 Å². The molecule has 0 aromatic heterocycles. The molecule has 0 fully saturated rings. The maximum atomic E-state index is 10.8. The predicted molar refractivity (Wildman–Crippen MR) is 60.3 cm³/mol. The van der Waals surface area contributed by atoms with Crippen LogP contribution in [0.4, 0.5) is 11.4 Å². The van der Waals surface area contributed by atoms with Gasteiger partial charge in [-0.1, -0.05) is 6.92 Å². The zero-order valence-electron chi connectivity index (χ0n) is 9.50. The predicted octanol–water partition coefficient (Wildman–Crippen LogP) is 2.60. The number of nitro groups is 2. The standard InChI is InChI=1S/C10H12N2O5/c1-3-4-17-10-7(2)5-8(11(13)14)6-9(10)12(15)16/h5-6H,3-4H2,1-2H3. The summed E-state index contributed by atoms with van der Waals surface area (Å²) >= 11 is 0. The summed E-state index contributed by atoms with van der Waals surface area (Å²) in [4.78, 5) is 20.1. The van der Waals surface area contributed by atoms with Crippen molar-refractivity contribution in [3.8, 4) is 5.75 Å². The number of aryl methyl sites for hydroxylation is 1. The second kappa shape index (κ2) is 5.24. The molecular weight excluding hydrogens is 228 g/mol. The van der Waals surface area contributed by atoms with Crippen molar-refractivity contribution in [1.29, 1.82) is 0 Å². The topological polar surface area (TPSA) is 95.5 Å². The molecule has 0 spiro atoms. The minimum absolute atomic E-state index is 0.0995. The number of non-ortho nitro benzene ring substituents is 1. The van der Waals surface area contributed by atoms with E-state index < -0.39 is 9.85 Å². The molecule has 0 aliphatic heterocycles. The van der Waals surface area contributed by atoms with Crippen LogP contribution in [0.2, 0.25) is 0 Å². The highest BCUT2D eigenvalue weighted by molar-refractivity contribution is 5.58. The van der Waals surface area contributed by atoms with Crippen LogP contribution in [0.25, 0.3) is 0 Å². The molecule has 7 nitrogen and oxygen atoms in total. The first kappa shape index (κ1) is 12.9. The second-order valence-electron chi connectivity index (χ2n) is 3.47. The van der Waals surface area contributed by atoms with Crippen LogP contribution >= 0.6 is 0 Å². The molecule has 1 rings (SSSR count). The summed E-state index contributed by atoms with van der Waals surface area (Å²) in [6.07, 6.45) is 0.702. The van der Waals surface area contributed by atoms with Gasteiger partial charge in [0, 0.05) is 11.6 Å². The van der Waals surface area contributed by atoms with Crippen molar-refractivity contribution in [2.24, 2.45) is 0 Å². The second-order valence-corrected chi connectivity index (χ2v) is 3.47. The Morgan fingerprint density at radius 2 is 1.88 bits per heavy atom. The van der Waals surface area contributed by atoms with Crippen molar-refractivity contribution >= 4 is 11.4 Å². The summed E-state index contributed by atoms with van der Waals surface area (Å²) < 4.78 is 5.25. The lowest BCUT2D eigenvalue weighted by Gasteiger charge is -2.08. The number of ether oxygens (including phenoxy) is 1. The van der Waals surface area contributed by atoms with E-state index in [1.807, 2.05) is 6.92 Å². The van der Waals surface area contributed by atoms with Gasteiger partial charge in [-0.25, -0.2) is 0 Å². The summed E-state index contributed by atoms with van der Waals surface area (Å²) in [5, 5.41) is 21.4. The maximum absolute atomic E-state index is 10.8. The van der Waals surface area contributed by atoms with E-state index in [0.717, 1.165) is 6.07 Å². The summed E-state index contributed by atoms with van der Waals surface area (Å²) in [6.45, 7) is 3.75. The zero-order valence-corrected chi connectivity index (χ0v) is 9.50. The fraction of sp³-hybridized carbons (Fsp3) is 0.400. The quantitative estimate of drug-likeness (QED) is 0.582. The largest absolute Gasteiger partial charge is 0.487 e. The monoisotopic (exact) mass is 240 g/mol. The fourth-order valence-corrected chi connectivity index (χ4v) is 1.37. The number of rotatable bonds is 5. The molecule has 0 unspecified atom stereocenters. The Kier molecular flexibility index (Phi) is 3.97. The van der Waals surface area contributed by atoms with Crippen molar-refractivity contribution in [2.75, 3.05) is 6.61 Å². The first-order valence-electron chi connectivity index (χ1n) is 5.03. The molecule has 0 N–H and O–H groups in total. The van der Waals surface area contributed by atoms with Gasteiger partial charge < -0.3 is 4.74 Å². The van der Waals surface area contributed by atoms with Crippen molar-refractivity contribution in [3.05, 3.63) is 37.9 Å². The number of hydrogen-bond donors (Lipinski definition) is 0. The molecule has 0 amide bonds. The van der Waals surface area contributed by atoms with E-state index in [1.54, 1.807) is 6.92 Å². The van der Waals surface area contributed by atoms with Crippen LogP contribution in [0.3, 0.4) is 0 Å². The molecule has 1 aromatic carbocycles. The first-order chi connectivity index (χ1) is 7.97. The van der Waals surface area contributed by atoms with Crippen molar-refractivity contribution in [2.45, 2.75) is 20.3 Å². The van der Waals surface area contributed by atoms with E-state index in [9.17, 15) is 20.2 Å². The third kappa shape index (κ3) is 2.90. The first-order valence-corrected chi connectivity index (χ1v) is 5.03. The molecule has 0 saturated carbocycles. The lowest BCUT2D eigenvalue weighted by Crippen LogP contribution is -2.02. The Labute approximate surface area is 97.3 Å². The zero-order chi connectivity index (χ0) is 13.0. The molecule has 17 heavy (non-hydrogen) atoms. The number of nitro benzene ring substituents is 2. The maximum Gasteiger partial charge on any atom is 0.318 e. The van der Waals surface area contributed by atoms with Crippen LogP contribution in [0.5, 0.6) is 5.75 Å². The molecule has 92 valence electrons. The summed E-state index contributed by atoms with van der Waals surface area (Å²) in [7, 11) is 0. The average molecular weight is 240 g/mol. The van der Waals surface area contributed by atoms with Gasteiger partial charge in [0.2, 0.25) is 5.75 Å². The van der Waals surface area contributed by atoms with E-state index in [4.69, 9.17) is 4.74 Å². The van der Waals surface area contributed by atoms with Gasteiger partial charge in [0.05, 0.1) is 22.5 Å². The molecule has 0 atom stereocenters. The van der Waals surface area contributed by atoms with Gasteiger partial charge in [0.1, 0.15) is 0 Å². The summed E-state index contributed by atoms with van der Waals surface area (Å²) in [5.41, 5.74) is -0.289. The average Bonchev–Trinajstić information content (AvgIpc) is 2.26. The Bertz CT molecular complexity index is 458. The minimum atomic E-state index is -0.676. The number of benzene rings is 1. The van der Waals surface area contributed by atoms with E-state index in [0.29, 0.717) is 18.6 Å². The minimum Gasteiger partial charge on any atom is -0.487 e. The smallest absolute Gasteiger partial charge is 0.318 e. The third-order valence-corrected chi connectivity index (χ3v) is 2.10. The van der Waals surface area contributed by atoms with Crippen LogP contribution in [0.1, 0.15) is 18.9 Å². The van der Waals surface area contributed by atoms with E-state index in [2.05, 4.69) is 0 Å². The van der Waals surface area contributed by atoms with Crippen LogP contribution in [0.15, 0.2) is 12.1 Å². The van der Waals surface area contributed by atoms with Gasteiger partial charge >= 0.3 is 5.69 Å². The SMILES string of the molecule is CCCOc1c(C)cc([N+](=O)[O-])cc1[N+](=O)[O-]. The summed E-state index contributed by atoms with van der Waals surface area (Å²) in [5.74, 6) is 0.0995. The third-order valence-electron chi connectivity index (χ3n) is 2.10. The van der Waals surface area contributed by atoms with Gasteiger partial charge in [-0.2, -0.15) is 0 Å². The van der Waals surface area contributed by atoms with Crippen molar-refractivity contribution in [1.82, 2.24) is 0 Å².